The molecule has 1 atom stereocenters. The molecular weight excluding hydrogens is 333 g/mol. The van der Waals surface area contributed by atoms with E-state index in [1.807, 2.05) is 19.1 Å². The largest absolute Gasteiger partial charge is 0.355 e. The summed E-state index contributed by atoms with van der Waals surface area (Å²) in [5.74, 6) is -0.547. The third-order valence-electron chi connectivity index (χ3n) is 5.02. The van der Waals surface area contributed by atoms with Gasteiger partial charge in [-0.3, -0.25) is 9.59 Å². The summed E-state index contributed by atoms with van der Waals surface area (Å²) in [7, 11) is 1.76. The number of carbonyl (C=O) groups excluding carboxylic acids is 2. The lowest BCUT2D eigenvalue weighted by Crippen LogP contribution is -2.51. The Bertz CT molecular complexity index is 877. The second-order valence-corrected chi connectivity index (χ2v) is 6.88. The highest BCUT2D eigenvalue weighted by atomic mass is 19.1. The molecule has 0 radical (unpaired) electrons. The van der Waals surface area contributed by atoms with E-state index < -0.39 is 0 Å². The number of nitrogens with one attached hydrogen (secondary N) is 1. The highest BCUT2D eigenvalue weighted by Gasteiger charge is 2.41. The van der Waals surface area contributed by atoms with Gasteiger partial charge in [0.25, 0.3) is 5.91 Å². The zero-order valence-corrected chi connectivity index (χ0v) is 14.7. The molecule has 2 aromatic rings. The molecule has 6 heteroatoms. The van der Waals surface area contributed by atoms with Crippen molar-refractivity contribution in [3.63, 3.8) is 0 Å². The van der Waals surface area contributed by atoms with Crippen molar-refractivity contribution >= 4 is 28.9 Å². The van der Waals surface area contributed by atoms with E-state index >= 15 is 0 Å². The summed E-state index contributed by atoms with van der Waals surface area (Å²) in [5.41, 5.74) is 2.77. The van der Waals surface area contributed by atoms with Crippen LogP contribution in [0.25, 0.3) is 0 Å². The number of nitrogens with zero attached hydrogens (tertiary/aromatic N) is 2. The first-order chi connectivity index (χ1) is 12.5. The van der Waals surface area contributed by atoms with Crippen LogP contribution in [-0.2, 0) is 4.79 Å². The maximum Gasteiger partial charge on any atom is 0.255 e. The van der Waals surface area contributed by atoms with Crippen molar-refractivity contribution in [2.75, 3.05) is 22.2 Å². The van der Waals surface area contributed by atoms with Gasteiger partial charge in [0.1, 0.15) is 11.9 Å². The van der Waals surface area contributed by atoms with Gasteiger partial charge in [-0.05, 0) is 62.2 Å². The van der Waals surface area contributed by atoms with Gasteiger partial charge >= 0.3 is 0 Å². The van der Waals surface area contributed by atoms with Crippen LogP contribution in [0.5, 0.6) is 0 Å². The smallest absolute Gasteiger partial charge is 0.255 e. The van der Waals surface area contributed by atoms with Crippen molar-refractivity contribution in [3.05, 3.63) is 53.8 Å². The van der Waals surface area contributed by atoms with Crippen LogP contribution >= 0.6 is 0 Å². The van der Waals surface area contributed by atoms with Gasteiger partial charge in [-0.25, -0.2) is 4.39 Å². The number of carbonyl (C=O) groups is 2. The van der Waals surface area contributed by atoms with Crippen LogP contribution in [0.2, 0.25) is 0 Å². The molecule has 1 N–H and O–H groups in total. The van der Waals surface area contributed by atoms with Crippen molar-refractivity contribution in [3.8, 4) is 0 Å². The number of hydrogen-bond acceptors (Lipinski definition) is 3. The Morgan fingerprint density at radius 2 is 1.81 bits per heavy atom. The molecule has 0 bridgehead atoms. The predicted octanol–water partition coefficient (Wildman–Crippen LogP) is 3.41. The Morgan fingerprint density at radius 1 is 1.12 bits per heavy atom. The van der Waals surface area contributed by atoms with Gasteiger partial charge in [0.05, 0.1) is 11.4 Å². The lowest BCUT2D eigenvalue weighted by Gasteiger charge is -2.40. The molecule has 5 nitrogen and oxygen atoms in total. The van der Waals surface area contributed by atoms with E-state index in [-0.39, 0.29) is 23.7 Å². The van der Waals surface area contributed by atoms with Gasteiger partial charge in [-0.1, -0.05) is 0 Å². The zero-order chi connectivity index (χ0) is 18.4. The second-order valence-electron chi connectivity index (χ2n) is 6.88. The van der Waals surface area contributed by atoms with E-state index in [9.17, 15) is 14.0 Å². The Labute approximate surface area is 151 Å². The number of amides is 2. The second kappa shape index (κ2) is 6.12. The Kier molecular flexibility index (Phi) is 3.90. The minimum atomic E-state index is -0.349. The summed E-state index contributed by atoms with van der Waals surface area (Å²) in [6, 6.07) is 11.1. The molecule has 1 fully saturated rings. The zero-order valence-electron chi connectivity index (χ0n) is 14.7. The molecule has 2 amide bonds. The molecule has 2 aliphatic rings. The lowest BCUT2D eigenvalue weighted by molar-refractivity contribution is -0.119. The molecular formula is C20H20FN3O2. The molecule has 0 aromatic heterocycles. The molecule has 1 aliphatic heterocycles. The first kappa shape index (κ1) is 16.6. The number of rotatable bonds is 3. The van der Waals surface area contributed by atoms with Crippen molar-refractivity contribution < 1.29 is 14.0 Å². The van der Waals surface area contributed by atoms with Gasteiger partial charge in [0.15, 0.2) is 0 Å². The average Bonchev–Trinajstić information content (AvgIpc) is 3.46. The monoisotopic (exact) mass is 353 g/mol. The van der Waals surface area contributed by atoms with E-state index in [0.29, 0.717) is 17.3 Å². The van der Waals surface area contributed by atoms with Gasteiger partial charge in [-0.2, -0.15) is 0 Å². The number of halogens is 1. The molecule has 1 aliphatic carbocycles. The van der Waals surface area contributed by atoms with Gasteiger partial charge < -0.3 is 15.1 Å². The fourth-order valence-electron chi connectivity index (χ4n) is 3.48. The molecule has 26 heavy (non-hydrogen) atoms. The van der Waals surface area contributed by atoms with E-state index in [0.717, 1.165) is 24.2 Å². The first-order valence-corrected chi connectivity index (χ1v) is 8.72. The summed E-state index contributed by atoms with van der Waals surface area (Å²) in [4.78, 5) is 28.9. The Hall–Kier alpha value is -2.89. The number of hydrogen-bond donors (Lipinski definition) is 1. The van der Waals surface area contributed by atoms with E-state index in [4.69, 9.17) is 0 Å². The highest BCUT2D eigenvalue weighted by Crippen LogP contribution is 2.42. The number of likely N-dealkylation sites (N-methyl/N-ethyl adjacent to an activating group) is 1. The van der Waals surface area contributed by atoms with Gasteiger partial charge in [0, 0.05) is 24.3 Å². The van der Waals surface area contributed by atoms with Crippen molar-refractivity contribution in [2.45, 2.75) is 31.8 Å². The van der Waals surface area contributed by atoms with Crippen LogP contribution in [-0.4, -0.2) is 30.9 Å². The fraction of sp³-hybridized carbons (Fsp3) is 0.300. The minimum absolute atomic E-state index is 0.0629. The molecule has 4 rings (SSSR count). The van der Waals surface area contributed by atoms with E-state index in [1.54, 1.807) is 18.0 Å². The summed E-state index contributed by atoms with van der Waals surface area (Å²) in [6.45, 7) is 1.91. The van der Waals surface area contributed by atoms with Crippen LogP contribution in [0.3, 0.4) is 0 Å². The van der Waals surface area contributed by atoms with Crippen LogP contribution in [0.15, 0.2) is 42.5 Å². The van der Waals surface area contributed by atoms with Crippen molar-refractivity contribution in [2.24, 2.45) is 0 Å². The summed E-state index contributed by atoms with van der Waals surface area (Å²) >= 11 is 0. The van der Waals surface area contributed by atoms with Crippen molar-refractivity contribution in [1.29, 1.82) is 0 Å². The summed E-state index contributed by atoms with van der Waals surface area (Å²) < 4.78 is 13.0. The van der Waals surface area contributed by atoms with E-state index in [1.165, 1.54) is 24.3 Å². The molecule has 1 unspecified atom stereocenters. The Balaban J connectivity index is 1.66. The molecule has 0 saturated heterocycles. The molecule has 1 saturated carbocycles. The standard InChI is InChI=1S/C20H20FN3O2/c1-12-20(26)23(2)17-10-3-13(11-18(17)24(12)16-8-9-16)19(25)22-15-6-4-14(21)5-7-15/h3-7,10-12,16H,8-9H2,1-2H3,(H,22,25). The summed E-state index contributed by atoms with van der Waals surface area (Å²) in [6.07, 6.45) is 2.12. The third kappa shape index (κ3) is 2.81. The SMILES string of the molecule is CC1C(=O)N(C)c2ccc(C(=O)Nc3ccc(F)cc3)cc2N1C1CC1. The minimum Gasteiger partial charge on any atom is -0.355 e. The average molecular weight is 353 g/mol. The lowest BCUT2D eigenvalue weighted by atomic mass is 10.0. The fourth-order valence-corrected chi connectivity index (χ4v) is 3.48. The first-order valence-electron chi connectivity index (χ1n) is 8.72. The normalized spacial score (nSPS) is 19.3. The molecule has 2 aromatic carbocycles. The van der Waals surface area contributed by atoms with E-state index in [2.05, 4.69) is 10.2 Å². The van der Waals surface area contributed by atoms with Gasteiger partial charge in [-0.15, -0.1) is 0 Å². The third-order valence-corrected chi connectivity index (χ3v) is 5.02. The van der Waals surface area contributed by atoms with Gasteiger partial charge in [0.2, 0.25) is 5.91 Å². The van der Waals surface area contributed by atoms with Crippen LogP contribution < -0.4 is 15.1 Å². The van der Waals surface area contributed by atoms with Crippen LogP contribution in [0, 0.1) is 5.82 Å². The highest BCUT2D eigenvalue weighted by molar-refractivity contribution is 6.09. The number of fused-ring (bicyclic) bond motifs is 1. The predicted molar refractivity (Wildman–Crippen MR) is 99.2 cm³/mol. The number of anilines is 3. The topological polar surface area (TPSA) is 52.7 Å². The number of benzene rings is 2. The Morgan fingerprint density at radius 3 is 2.46 bits per heavy atom. The van der Waals surface area contributed by atoms with Crippen LogP contribution in [0.4, 0.5) is 21.5 Å². The molecule has 1 heterocycles. The molecule has 134 valence electrons. The quantitative estimate of drug-likeness (QED) is 0.920. The molecule has 0 spiro atoms. The maximum absolute atomic E-state index is 13.0. The van der Waals surface area contributed by atoms with Crippen LogP contribution in [0.1, 0.15) is 30.1 Å². The maximum atomic E-state index is 13.0. The summed E-state index contributed by atoms with van der Waals surface area (Å²) in [5, 5.41) is 2.78. The van der Waals surface area contributed by atoms with Crippen molar-refractivity contribution in [1.82, 2.24) is 0 Å².